The summed E-state index contributed by atoms with van der Waals surface area (Å²) in [6, 6.07) is -2.86. The third-order valence-electron chi connectivity index (χ3n) is 8.61. The zero-order valence-corrected chi connectivity index (χ0v) is 25.6. The van der Waals surface area contributed by atoms with Crippen molar-refractivity contribution >= 4 is 43.6 Å². The summed E-state index contributed by atoms with van der Waals surface area (Å²) in [5, 5.41) is 0.178. The molecular formula is C48H32N2. The quantitative estimate of drug-likeness (QED) is 0.174. The summed E-state index contributed by atoms with van der Waals surface area (Å²) in [4.78, 5) is 0. The summed E-state index contributed by atoms with van der Waals surface area (Å²) < 4.78 is 207. The zero-order valence-electron chi connectivity index (χ0n) is 48.6. The Morgan fingerprint density at radius 3 is 1.46 bits per heavy atom. The Morgan fingerprint density at radius 1 is 0.360 bits per heavy atom. The molecule has 0 saturated heterocycles. The molecule has 50 heavy (non-hydrogen) atoms. The van der Waals surface area contributed by atoms with Gasteiger partial charge in [-0.3, -0.25) is 0 Å². The second-order valence-electron chi connectivity index (χ2n) is 11.2. The summed E-state index contributed by atoms with van der Waals surface area (Å²) in [6.07, 6.45) is 0. The highest BCUT2D eigenvalue weighted by molar-refractivity contribution is 6.17. The molecule has 234 valence electrons. The maximum Gasteiger partial charge on any atom is 0.0645 e. The first kappa shape index (κ1) is 13.7. The number of fused-ring (bicyclic) bond motifs is 6. The average molecular weight is 660 g/mol. The molecule has 2 heterocycles. The molecule has 0 spiro atoms. The van der Waals surface area contributed by atoms with Crippen LogP contribution in [0.15, 0.2) is 194 Å². The van der Waals surface area contributed by atoms with Crippen LogP contribution in [-0.2, 0) is 0 Å². The molecule has 0 atom stereocenters. The smallest absolute Gasteiger partial charge is 0.0645 e. The van der Waals surface area contributed by atoms with Gasteiger partial charge in [0.15, 0.2) is 0 Å². The lowest BCUT2D eigenvalue weighted by Crippen LogP contribution is -2.02. The lowest BCUT2D eigenvalue weighted by molar-refractivity contribution is 1.17. The summed E-state index contributed by atoms with van der Waals surface area (Å²) in [5.74, 6) is 0. The van der Waals surface area contributed by atoms with Gasteiger partial charge in [0.05, 0.1) is 65.0 Å². The Kier molecular flexibility index (Phi) is 3.15. The van der Waals surface area contributed by atoms with Gasteiger partial charge >= 0.3 is 0 Å². The van der Waals surface area contributed by atoms with Crippen LogP contribution in [0.5, 0.6) is 0 Å². The normalized spacial score (nSPS) is 18.0. The predicted octanol–water partition coefficient (Wildman–Crippen LogP) is 12.9. The van der Waals surface area contributed by atoms with E-state index < -0.39 is 156 Å². The van der Waals surface area contributed by atoms with Crippen molar-refractivity contribution in [2.75, 3.05) is 0 Å². The topological polar surface area (TPSA) is 9.86 Å². The van der Waals surface area contributed by atoms with Crippen molar-refractivity contribution in [1.82, 2.24) is 9.13 Å². The third-order valence-corrected chi connectivity index (χ3v) is 8.61. The Hall–Kier alpha value is -6.64. The number of para-hydroxylation sites is 3. The highest BCUT2D eigenvalue weighted by Crippen LogP contribution is 2.45. The summed E-state index contributed by atoms with van der Waals surface area (Å²) >= 11 is 0. The van der Waals surface area contributed by atoms with E-state index in [1.54, 1.807) is 36.4 Å². The molecule has 0 aliphatic rings. The van der Waals surface area contributed by atoms with E-state index in [4.69, 9.17) is 23.3 Å². The van der Waals surface area contributed by atoms with Crippen molar-refractivity contribution in [2.24, 2.45) is 0 Å². The Labute approximate surface area is 323 Å². The van der Waals surface area contributed by atoms with Gasteiger partial charge in [-0.2, -0.15) is 0 Å². The van der Waals surface area contributed by atoms with Crippen LogP contribution < -0.4 is 0 Å². The molecule has 0 N–H and O–H groups in total. The summed E-state index contributed by atoms with van der Waals surface area (Å²) in [5.41, 5.74) is -2.37. The zero-order chi connectivity index (χ0) is 53.0. The lowest BCUT2D eigenvalue weighted by atomic mass is 9.90. The lowest BCUT2D eigenvalue weighted by Gasteiger charge is -2.21. The highest BCUT2D eigenvalue weighted by Gasteiger charge is 2.24. The number of rotatable bonds is 5. The minimum atomic E-state index is -0.801. The Bertz CT molecular complexity index is 3940. The van der Waals surface area contributed by atoms with Gasteiger partial charge in [0.1, 0.15) is 0 Å². The molecule has 0 radical (unpaired) electrons. The van der Waals surface area contributed by atoms with E-state index in [0.29, 0.717) is 5.39 Å². The molecule has 10 aromatic rings. The highest BCUT2D eigenvalue weighted by atomic mass is 15.0. The Balaban J connectivity index is 1.51. The fourth-order valence-electron chi connectivity index (χ4n) is 6.65. The molecule has 0 amide bonds. The van der Waals surface area contributed by atoms with Crippen LogP contribution >= 0.6 is 0 Å². The van der Waals surface area contributed by atoms with Crippen molar-refractivity contribution in [3.63, 3.8) is 0 Å². The molecule has 0 aliphatic heterocycles. The molecule has 8 aromatic carbocycles. The maximum absolute atomic E-state index is 9.33. The van der Waals surface area contributed by atoms with Crippen molar-refractivity contribution in [2.45, 2.75) is 0 Å². The van der Waals surface area contributed by atoms with Crippen molar-refractivity contribution in [3.8, 4) is 44.8 Å². The molecule has 0 bridgehead atoms. The minimum Gasteiger partial charge on any atom is -0.309 e. The molecule has 10 rings (SSSR count). The van der Waals surface area contributed by atoms with E-state index in [-0.39, 0.29) is 66.3 Å². The van der Waals surface area contributed by atoms with Gasteiger partial charge in [-0.1, -0.05) is 151 Å². The van der Waals surface area contributed by atoms with Crippen LogP contribution in [-0.4, -0.2) is 9.13 Å². The SMILES string of the molecule is [2H]c1c([2H])c([2H])c(-c2cc(-c3c([2H])c([2H])c([2H])c([2H])c3[2H])c(-n3c4ccccc4c4c(-n5c6c([2H])c([2H])c([2H])c([2H])c6c6c([2H])c([2H])c([2H])c([2H])c65)cccc43)c(-c3c([2H])c([2H])c([2H])c([2H])c3[2H])c2)c([2H])c1[2H]. The van der Waals surface area contributed by atoms with E-state index in [0.717, 1.165) is 0 Å². The van der Waals surface area contributed by atoms with Crippen LogP contribution in [0.4, 0.5) is 0 Å². The largest absolute Gasteiger partial charge is 0.309 e. The second kappa shape index (κ2) is 11.5. The summed E-state index contributed by atoms with van der Waals surface area (Å²) in [6.45, 7) is 0. The maximum atomic E-state index is 9.33. The first-order valence-electron chi connectivity index (χ1n) is 26.8. The summed E-state index contributed by atoms with van der Waals surface area (Å²) in [7, 11) is 0. The Morgan fingerprint density at radius 2 is 0.860 bits per heavy atom. The molecule has 0 unspecified atom stereocenters. The van der Waals surface area contributed by atoms with E-state index in [1.807, 2.05) is 0 Å². The van der Waals surface area contributed by atoms with Crippen molar-refractivity contribution in [3.05, 3.63) is 194 Å². The number of aromatic nitrogens is 2. The van der Waals surface area contributed by atoms with Gasteiger partial charge in [0, 0.05) is 32.7 Å². The van der Waals surface area contributed by atoms with Gasteiger partial charge in [0.2, 0.25) is 0 Å². The van der Waals surface area contributed by atoms with Crippen LogP contribution in [0, 0.1) is 0 Å². The third kappa shape index (κ3) is 4.36. The van der Waals surface area contributed by atoms with Gasteiger partial charge < -0.3 is 9.13 Å². The monoisotopic (exact) mass is 659 g/mol. The minimum absolute atomic E-state index is 0.104. The van der Waals surface area contributed by atoms with E-state index in [2.05, 4.69) is 0 Å². The van der Waals surface area contributed by atoms with Crippen LogP contribution in [0.2, 0.25) is 0 Å². The first-order chi connectivity index (χ1) is 34.4. The number of hydrogen-bond donors (Lipinski definition) is 0. The molecule has 0 aliphatic carbocycles. The van der Waals surface area contributed by atoms with Gasteiger partial charge in [-0.15, -0.1) is 0 Å². The van der Waals surface area contributed by atoms with Crippen molar-refractivity contribution < 1.29 is 31.5 Å². The van der Waals surface area contributed by atoms with Gasteiger partial charge in [-0.25, -0.2) is 0 Å². The number of hydrogen-bond acceptors (Lipinski definition) is 0. The first-order valence-corrected chi connectivity index (χ1v) is 15.3. The van der Waals surface area contributed by atoms with E-state index in [9.17, 15) is 8.22 Å². The fraction of sp³-hybridized carbons (Fsp3) is 0. The molecule has 0 saturated carbocycles. The van der Waals surface area contributed by atoms with Crippen LogP contribution in [0.3, 0.4) is 0 Å². The average Bonchev–Trinajstić information content (AvgIpc) is 3.92. The standard InChI is InChI=1S/C48H32N2/c1-4-17-33(18-5-1)36-31-40(34-19-6-2-7-20-34)48(41(32-36)35-21-8-3-9-22-35)50-44-28-15-12-25-39(44)47-45(29-16-30-46(47)50)49-42-26-13-10-23-37(42)38-24-11-14-27-43(38)49/h1-32H/i1D,2D,3D,4D,5D,6D,7D,8D,9D,10D,11D,13D,14D,17D,18D,19D,20D,21D,22D,23D,24D,26D,27D. The second-order valence-corrected chi connectivity index (χ2v) is 11.2. The molecule has 2 aromatic heterocycles. The molecule has 2 heteroatoms. The molecular weight excluding hydrogens is 605 g/mol. The van der Waals surface area contributed by atoms with Crippen LogP contribution in [0.1, 0.15) is 31.5 Å². The van der Waals surface area contributed by atoms with E-state index >= 15 is 0 Å². The molecule has 2 nitrogen and oxygen atoms in total. The van der Waals surface area contributed by atoms with Crippen molar-refractivity contribution in [1.29, 1.82) is 0 Å². The number of nitrogens with zero attached hydrogens (tertiary/aromatic N) is 2. The van der Waals surface area contributed by atoms with E-state index in [1.165, 1.54) is 27.3 Å². The predicted molar refractivity (Wildman–Crippen MR) is 211 cm³/mol. The van der Waals surface area contributed by atoms with Gasteiger partial charge in [-0.05, 0) is 64.7 Å². The fourth-order valence-corrected chi connectivity index (χ4v) is 6.65. The van der Waals surface area contributed by atoms with Gasteiger partial charge in [0.25, 0.3) is 0 Å². The van der Waals surface area contributed by atoms with Crippen LogP contribution in [0.25, 0.3) is 88.4 Å². The molecule has 0 fully saturated rings. The number of benzene rings is 8.